The number of unbranched alkanes of at least 4 members (excludes halogenated alkanes) is 18. The molecule has 264 valence electrons. The van der Waals surface area contributed by atoms with Gasteiger partial charge in [-0.2, -0.15) is 0 Å². The van der Waals surface area contributed by atoms with E-state index in [0.717, 1.165) is 0 Å². The van der Waals surface area contributed by atoms with E-state index in [1.165, 1.54) is 163 Å². The van der Waals surface area contributed by atoms with Crippen LogP contribution in [0.4, 0.5) is 0 Å². The lowest BCUT2D eigenvalue weighted by Crippen LogP contribution is -2.58. The van der Waals surface area contributed by atoms with Gasteiger partial charge in [-0.3, -0.25) is 0 Å². The van der Waals surface area contributed by atoms with Crippen LogP contribution in [0.1, 0.15) is 142 Å². The zero-order valence-electron chi connectivity index (χ0n) is 31.4. The van der Waals surface area contributed by atoms with Crippen molar-refractivity contribution < 1.29 is 0 Å². The molecule has 0 aliphatic rings. The molecule has 0 nitrogen and oxygen atoms in total. The van der Waals surface area contributed by atoms with Crippen LogP contribution < -0.4 is 10.4 Å². The largest absolute Gasteiger partial charge is 0.118 e. The second kappa shape index (κ2) is 23.5. The monoisotopic (exact) mass is 673 g/mol. The number of benzene rings is 4. The van der Waals surface area contributed by atoms with Gasteiger partial charge in [0.1, 0.15) is 8.07 Å². The fraction of sp³-hybridized carbons (Fsp3) is 0.500. The normalized spacial score (nSPS) is 11.6. The maximum Gasteiger partial charge on any atom is 0.118 e. The Hall–Kier alpha value is -2.90. The highest BCUT2D eigenvalue weighted by Crippen LogP contribution is 2.29. The van der Waals surface area contributed by atoms with Crippen LogP contribution in [-0.2, 0) is 0 Å². The third-order valence-corrected chi connectivity index (χ3v) is 16.2. The molecule has 0 unspecified atom stereocenters. The Labute approximate surface area is 303 Å². The van der Waals surface area contributed by atoms with Crippen molar-refractivity contribution in [3.8, 4) is 22.3 Å². The SMILES string of the molecule is CCCCCCCCCCCC[Si](CCCCCCCCCCCC)(c1cccc(-c2ccccc2)c1)c1cccc(-c2ccccc2)c1. The van der Waals surface area contributed by atoms with E-state index in [-0.39, 0.29) is 0 Å². The maximum atomic E-state index is 2.60. The fourth-order valence-electron chi connectivity index (χ4n) is 7.95. The quantitative estimate of drug-likeness (QED) is 0.0460. The molecule has 49 heavy (non-hydrogen) atoms. The molecule has 0 fully saturated rings. The minimum Gasteiger partial charge on any atom is -0.0654 e. The summed E-state index contributed by atoms with van der Waals surface area (Å²) in [4.78, 5) is 0. The molecular weight excluding hydrogens is 605 g/mol. The van der Waals surface area contributed by atoms with Gasteiger partial charge < -0.3 is 0 Å². The van der Waals surface area contributed by atoms with Gasteiger partial charge in [0.15, 0.2) is 0 Å². The molecular formula is C48H68Si. The van der Waals surface area contributed by atoms with Gasteiger partial charge in [-0.05, 0) is 34.3 Å². The molecule has 0 heterocycles. The van der Waals surface area contributed by atoms with Crippen molar-refractivity contribution in [2.24, 2.45) is 0 Å². The maximum absolute atomic E-state index is 2.60. The zero-order valence-corrected chi connectivity index (χ0v) is 32.4. The number of rotatable bonds is 26. The summed E-state index contributed by atoms with van der Waals surface area (Å²) in [5.41, 5.74) is 5.42. The molecule has 1 heteroatoms. The van der Waals surface area contributed by atoms with Gasteiger partial charge in [-0.25, -0.2) is 0 Å². The van der Waals surface area contributed by atoms with Gasteiger partial charge in [-0.1, -0.05) is 262 Å². The molecule has 0 atom stereocenters. The molecule has 0 saturated carbocycles. The third kappa shape index (κ3) is 13.4. The van der Waals surface area contributed by atoms with E-state index in [1.807, 2.05) is 0 Å². The molecule has 0 spiro atoms. The van der Waals surface area contributed by atoms with E-state index in [4.69, 9.17) is 0 Å². The van der Waals surface area contributed by atoms with E-state index < -0.39 is 8.07 Å². The van der Waals surface area contributed by atoms with E-state index in [0.29, 0.717) is 0 Å². The first kappa shape index (κ1) is 38.9. The van der Waals surface area contributed by atoms with Crippen LogP contribution in [0.5, 0.6) is 0 Å². The Morgan fingerprint density at radius 1 is 0.306 bits per heavy atom. The lowest BCUT2D eigenvalue weighted by Gasteiger charge is -2.34. The minimum absolute atomic E-state index is 1.34. The van der Waals surface area contributed by atoms with E-state index in [9.17, 15) is 0 Å². The van der Waals surface area contributed by atoms with Gasteiger partial charge in [-0.15, -0.1) is 0 Å². The summed E-state index contributed by atoms with van der Waals surface area (Å²) in [7, 11) is -2.06. The van der Waals surface area contributed by atoms with Crippen molar-refractivity contribution in [1.29, 1.82) is 0 Å². The summed E-state index contributed by atoms with van der Waals surface area (Å²) in [6.45, 7) is 4.63. The lowest BCUT2D eigenvalue weighted by atomic mass is 10.1. The second-order valence-corrected chi connectivity index (χ2v) is 19.2. The predicted molar refractivity (Wildman–Crippen MR) is 222 cm³/mol. The van der Waals surface area contributed by atoms with E-state index in [2.05, 4.69) is 123 Å². The van der Waals surface area contributed by atoms with Crippen LogP contribution in [0.25, 0.3) is 22.3 Å². The van der Waals surface area contributed by atoms with E-state index >= 15 is 0 Å². The molecule has 0 aliphatic heterocycles. The zero-order chi connectivity index (χ0) is 34.2. The van der Waals surface area contributed by atoms with Crippen LogP contribution in [-0.4, -0.2) is 8.07 Å². The van der Waals surface area contributed by atoms with E-state index in [1.54, 1.807) is 10.4 Å². The molecule has 4 rings (SSSR count). The Balaban J connectivity index is 1.56. The van der Waals surface area contributed by atoms with Gasteiger partial charge in [0.2, 0.25) is 0 Å². The van der Waals surface area contributed by atoms with Crippen LogP contribution in [0, 0.1) is 0 Å². The molecule has 0 saturated heterocycles. The molecule has 0 aliphatic carbocycles. The van der Waals surface area contributed by atoms with Crippen molar-refractivity contribution in [2.75, 3.05) is 0 Å². The van der Waals surface area contributed by atoms with Crippen LogP contribution >= 0.6 is 0 Å². The summed E-state index contributed by atoms with van der Waals surface area (Å²) in [6.07, 6.45) is 27.9. The van der Waals surface area contributed by atoms with Crippen molar-refractivity contribution >= 4 is 18.4 Å². The molecule has 0 aromatic heterocycles. The number of hydrogen-bond donors (Lipinski definition) is 0. The van der Waals surface area contributed by atoms with Crippen molar-refractivity contribution in [3.63, 3.8) is 0 Å². The average molecular weight is 673 g/mol. The molecule has 0 amide bonds. The highest BCUT2D eigenvalue weighted by atomic mass is 28.3. The summed E-state index contributed by atoms with van der Waals surface area (Å²) in [5.74, 6) is 0. The second-order valence-electron chi connectivity index (χ2n) is 14.8. The predicted octanol–water partition coefficient (Wildman–Crippen LogP) is 14.4. The molecule has 0 radical (unpaired) electrons. The van der Waals surface area contributed by atoms with Crippen molar-refractivity contribution in [2.45, 2.75) is 154 Å². The summed E-state index contributed by atoms with van der Waals surface area (Å²) in [6, 6.07) is 44.5. The molecule has 4 aromatic carbocycles. The first-order chi connectivity index (χ1) is 24.3. The topological polar surface area (TPSA) is 0 Å². The lowest BCUT2D eigenvalue weighted by molar-refractivity contribution is 0.559. The molecule has 0 bridgehead atoms. The smallest absolute Gasteiger partial charge is 0.0654 e. The summed E-state index contributed by atoms with van der Waals surface area (Å²) in [5, 5.41) is 3.29. The Morgan fingerprint density at radius 3 is 0.959 bits per heavy atom. The standard InChI is InChI=1S/C48H68Si/c1-3-5-7-9-11-13-15-17-19-27-39-49(40-28-20-18-16-14-12-10-8-6-4-2,47-37-29-35-45(41-47)43-31-23-21-24-32-43)48-38-30-36-46(42-48)44-33-25-22-26-34-44/h21-26,29-38,41-42H,3-20,27-28,39-40H2,1-2H3. The summed E-state index contributed by atoms with van der Waals surface area (Å²) < 4.78 is 0. The highest BCUT2D eigenvalue weighted by molar-refractivity contribution is 7.02. The molecule has 0 N–H and O–H groups in total. The fourth-order valence-corrected chi connectivity index (χ4v) is 13.1. The van der Waals surface area contributed by atoms with Crippen LogP contribution in [0.3, 0.4) is 0 Å². The summed E-state index contributed by atoms with van der Waals surface area (Å²) >= 11 is 0. The Bertz CT molecular complexity index is 1280. The van der Waals surface area contributed by atoms with Gasteiger partial charge in [0, 0.05) is 0 Å². The first-order valence-corrected chi connectivity index (χ1v) is 23.0. The average Bonchev–Trinajstić information content (AvgIpc) is 3.16. The Kier molecular flexibility index (Phi) is 18.6. The molecule has 4 aromatic rings. The van der Waals surface area contributed by atoms with Crippen molar-refractivity contribution in [1.82, 2.24) is 0 Å². The van der Waals surface area contributed by atoms with Gasteiger partial charge in [0.05, 0.1) is 0 Å². The number of hydrogen-bond acceptors (Lipinski definition) is 0. The minimum atomic E-state index is -2.06. The Morgan fingerprint density at radius 2 is 0.612 bits per heavy atom. The third-order valence-electron chi connectivity index (χ3n) is 11.0. The van der Waals surface area contributed by atoms with Crippen molar-refractivity contribution in [3.05, 3.63) is 109 Å². The van der Waals surface area contributed by atoms with Crippen LogP contribution in [0.2, 0.25) is 12.1 Å². The highest BCUT2D eigenvalue weighted by Gasteiger charge is 2.36. The first-order valence-electron chi connectivity index (χ1n) is 20.6. The van der Waals surface area contributed by atoms with Gasteiger partial charge in [0.25, 0.3) is 0 Å². The van der Waals surface area contributed by atoms with Crippen LogP contribution in [0.15, 0.2) is 109 Å². The van der Waals surface area contributed by atoms with Gasteiger partial charge >= 0.3 is 0 Å².